The van der Waals surface area contributed by atoms with Gasteiger partial charge in [-0.15, -0.1) is 0 Å². The highest BCUT2D eigenvalue weighted by molar-refractivity contribution is 5.73. The Bertz CT molecular complexity index is 832. The number of ether oxygens (including phenoxy) is 1. The van der Waals surface area contributed by atoms with Gasteiger partial charge in [0.15, 0.2) is 0 Å². The van der Waals surface area contributed by atoms with E-state index in [1.165, 1.54) is 16.7 Å². The number of rotatable bonds is 4. The number of nitrogens with two attached hydrogens (primary N) is 1. The summed E-state index contributed by atoms with van der Waals surface area (Å²) >= 11 is 0. The Kier molecular flexibility index (Phi) is 5.66. The number of alkyl carbamates (subject to hydrolysis) is 1. The minimum absolute atomic E-state index is 0.0771. The Balaban J connectivity index is 1.69. The van der Waals surface area contributed by atoms with E-state index in [1.54, 1.807) is 0 Å². The highest BCUT2D eigenvalue weighted by Gasteiger charge is 2.26. The Morgan fingerprint density at radius 2 is 1.89 bits per heavy atom. The first kappa shape index (κ1) is 19.2. The zero-order valence-electron chi connectivity index (χ0n) is 16.3. The van der Waals surface area contributed by atoms with Crippen LogP contribution in [0.5, 0.6) is 0 Å². The van der Waals surface area contributed by atoms with Crippen molar-refractivity contribution in [3.8, 4) is 0 Å². The van der Waals surface area contributed by atoms with Crippen molar-refractivity contribution in [2.75, 3.05) is 0 Å². The van der Waals surface area contributed by atoms with Crippen LogP contribution in [-0.4, -0.2) is 17.7 Å². The normalized spacial score (nSPS) is 16.4. The van der Waals surface area contributed by atoms with Crippen LogP contribution in [0.3, 0.4) is 0 Å². The van der Waals surface area contributed by atoms with Crippen molar-refractivity contribution >= 4 is 18.2 Å². The van der Waals surface area contributed by atoms with Crippen LogP contribution in [0.25, 0.3) is 12.2 Å². The lowest BCUT2D eigenvalue weighted by molar-refractivity contribution is 0.0506. The lowest BCUT2D eigenvalue weighted by atomic mass is 10.0. The summed E-state index contributed by atoms with van der Waals surface area (Å²) in [5, 5.41) is 3.00. The van der Waals surface area contributed by atoms with Crippen molar-refractivity contribution in [2.45, 2.75) is 51.8 Å². The summed E-state index contributed by atoms with van der Waals surface area (Å²) in [5.41, 5.74) is 11.2. The Labute approximate surface area is 161 Å². The molecule has 0 bridgehead atoms. The van der Waals surface area contributed by atoms with Crippen LogP contribution >= 0.6 is 0 Å². The maximum absolute atomic E-state index is 12.1. The average Bonchev–Trinajstić information content (AvgIpc) is 3.01. The smallest absolute Gasteiger partial charge is 0.407 e. The zero-order valence-corrected chi connectivity index (χ0v) is 16.3. The van der Waals surface area contributed by atoms with Crippen LogP contribution in [-0.2, 0) is 24.1 Å². The molecule has 1 atom stereocenters. The molecule has 1 unspecified atom stereocenters. The fourth-order valence-electron chi connectivity index (χ4n) is 3.36. The quantitative estimate of drug-likeness (QED) is 0.795. The standard InChI is InChI=1S/C23H28N2O2/c1-23(2,3)27-22(26)25-20-13-19-6-4-5-18(21(19)14-20)12-11-16-7-9-17(15-24)10-8-16/h4-12,20H,13-15,24H2,1-3H3,(H,25,26)/b12-11+. The molecule has 1 aliphatic carbocycles. The molecular weight excluding hydrogens is 336 g/mol. The van der Waals surface area contributed by atoms with Gasteiger partial charge in [-0.1, -0.05) is 54.6 Å². The third kappa shape index (κ3) is 5.20. The van der Waals surface area contributed by atoms with Crippen molar-refractivity contribution < 1.29 is 9.53 Å². The van der Waals surface area contributed by atoms with Gasteiger partial charge in [0.25, 0.3) is 0 Å². The lowest BCUT2D eigenvalue weighted by Gasteiger charge is -2.21. The average molecular weight is 364 g/mol. The third-order valence-electron chi connectivity index (χ3n) is 4.62. The summed E-state index contributed by atoms with van der Waals surface area (Å²) in [7, 11) is 0. The van der Waals surface area contributed by atoms with Gasteiger partial charge in [-0.2, -0.15) is 0 Å². The van der Waals surface area contributed by atoms with Crippen molar-refractivity contribution in [3.63, 3.8) is 0 Å². The summed E-state index contributed by atoms with van der Waals surface area (Å²) in [6.45, 7) is 6.18. The number of fused-ring (bicyclic) bond motifs is 1. The molecular formula is C23H28N2O2. The molecule has 0 saturated heterocycles. The SMILES string of the molecule is CC(C)(C)OC(=O)NC1Cc2cccc(/C=C/c3ccc(CN)cc3)c2C1. The molecule has 0 saturated carbocycles. The van der Waals surface area contributed by atoms with E-state index < -0.39 is 5.60 Å². The first-order chi connectivity index (χ1) is 12.8. The van der Waals surface area contributed by atoms with Crippen LogP contribution in [0.1, 0.15) is 48.6 Å². The highest BCUT2D eigenvalue weighted by atomic mass is 16.6. The molecule has 0 heterocycles. The van der Waals surface area contributed by atoms with Gasteiger partial charge in [0, 0.05) is 12.6 Å². The lowest BCUT2D eigenvalue weighted by Crippen LogP contribution is -2.39. The summed E-state index contributed by atoms with van der Waals surface area (Å²) in [6, 6.07) is 14.7. The van der Waals surface area contributed by atoms with E-state index in [0.29, 0.717) is 6.54 Å². The van der Waals surface area contributed by atoms with E-state index in [0.717, 1.165) is 24.0 Å². The molecule has 27 heavy (non-hydrogen) atoms. The summed E-state index contributed by atoms with van der Waals surface area (Å²) in [6.07, 6.45) is 5.57. The number of nitrogens with one attached hydrogen (secondary N) is 1. The second-order valence-electron chi connectivity index (χ2n) is 8.02. The van der Waals surface area contributed by atoms with Gasteiger partial charge >= 0.3 is 6.09 Å². The summed E-state index contributed by atoms with van der Waals surface area (Å²) in [5.74, 6) is 0. The molecule has 142 valence electrons. The van der Waals surface area contributed by atoms with Gasteiger partial charge in [-0.3, -0.25) is 0 Å². The minimum Gasteiger partial charge on any atom is -0.444 e. The molecule has 1 amide bonds. The first-order valence-electron chi connectivity index (χ1n) is 9.41. The van der Waals surface area contributed by atoms with Crippen LogP contribution in [0.4, 0.5) is 4.79 Å². The second kappa shape index (κ2) is 7.97. The van der Waals surface area contributed by atoms with Crippen LogP contribution in [0.2, 0.25) is 0 Å². The number of benzene rings is 2. The predicted octanol–water partition coefficient (Wildman–Crippen LogP) is 4.31. The molecule has 3 rings (SSSR count). The largest absolute Gasteiger partial charge is 0.444 e. The van der Waals surface area contributed by atoms with E-state index in [-0.39, 0.29) is 12.1 Å². The van der Waals surface area contributed by atoms with Crippen molar-refractivity contribution in [1.82, 2.24) is 5.32 Å². The van der Waals surface area contributed by atoms with Gasteiger partial charge in [0.1, 0.15) is 5.60 Å². The molecule has 2 aromatic rings. The monoisotopic (exact) mass is 364 g/mol. The van der Waals surface area contributed by atoms with Crippen LogP contribution in [0, 0.1) is 0 Å². The van der Waals surface area contributed by atoms with Gasteiger partial charge in [0.2, 0.25) is 0 Å². The van der Waals surface area contributed by atoms with E-state index in [9.17, 15) is 4.79 Å². The van der Waals surface area contributed by atoms with E-state index in [4.69, 9.17) is 10.5 Å². The number of hydrogen-bond donors (Lipinski definition) is 2. The van der Waals surface area contributed by atoms with Crippen molar-refractivity contribution in [1.29, 1.82) is 0 Å². The predicted molar refractivity (Wildman–Crippen MR) is 110 cm³/mol. The Hall–Kier alpha value is -2.59. The molecule has 3 N–H and O–H groups in total. The summed E-state index contributed by atoms with van der Waals surface area (Å²) in [4.78, 5) is 12.1. The van der Waals surface area contributed by atoms with E-state index in [2.05, 4.69) is 59.9 Å². The fraction of sp³-hybridized carbons (Fsp3) is 0.348. The maximum atomic E-state index is 12.1. The van der Waals surface area contributed by atoms with E-state index in [1.807, 2.05) is 20.8 Å². The Morgan fingerprint density at radius 3 is 2.56 bits per heavy atom. The molecule has 2 aromatic carbocycles. The molecule has 4 heteroatoms. The van der Waals surface area contributed by atoms with Crippen LogP contribution < -0.4 is 11.1 Å². The molecule has 0 aromatic heterocycles. The Morgan fingerprint density at radius 1 is 1.15 bits per heavy atom. The van der Waals surface area contributed by atoms with Gasteiger partial charge < -0.3 is 15.8 Å². The number of hydrogen-bond acceptors (Lipinski definition) is 3. The molecule has 1 aliphatic rings. The zero-order chi connectivity index (χ0) is 19.4. The van der Waals surface area contributed by atoms with Crippen LogP contribution in [0.15, 0.2) is 42.5 Å². The van der Waals surface area contributed by atoms with Gasteiger partial charge in [0.05, 0.1) is 0 Å². The van der Waals surface area contributed by atoms with Crippen molar-refractivity contribution in [2.24, 2.45) is 5.73 Å². The molecule has 0 fully saturated rings. The third-order valence-corrected chi connectivity index (χ3v) is 4.62. The summed E-state index contributed by atoms with van der Waals surface area (Å²) < 4.78 is 5.38. The van der Waals surface area contributed by atoms with E-state index >= 15 is 0 Å². The topological polar surface area (TPSA) is 64.3 Å². The highest BCUT2D eigenvalue weighted by Crippen LogP contribution is 2.27. The fourth-order valence-corrected chi connectivity index (χ4v) is 3.36. The molecule has 0 radical (unpaired) electrons. The molecule has 0 aliphatic heterocycles. The second-order valence-corrected chi connectivity index (χ2v) is 8.02. The minimum atomic E-state index is -0.483. The first-order valence-corrected chi connectivity index (χ1v) is 9.41. The molecule has 4 nitrogen and oxygen atoms in total. The number of carbonyl (C=O) groups is 1. The van der Waals surface area contributed by atoms with Gasteiger partial charge in [-0.25, -0.2) is 4.79 Å². The molecule has 0 spiro atoms. The van der Waals surface area contributed by atoms with Gasteiger partial charge in [-0.05, 0) is 61.4 Å². The maximum Gasteiger partial charge on any atom is 0.407 e. The number of carbonyl (C=O) groups excluding carboxylic acids is 1. The number of amides is 1. The van der Waals surface area contributed by atoms with Crippen molar-refractivity contribution in [3.05, 3.63) is 70.3 Å².